The highest BCUT2D eigenvalue weighted by atomic mass is 32.2. The van der Waals surface area contributed by atoms with Gasteiger partial charge in [0.25, 0.3) is 0 Å². The fourth-order valence-corrected chi connectivity index (χ4v) is 5.74. The highest BCUT2D eigenvalue weighted by Crippen LogP contribution is 2.55. The molecule has 1 N–H and O–H groups in total. The van der Waals surface area contributed by atoms with Crippen LogP contribution < -0.4 is 5.32 Å². The Morgan fingerprint density at radius 1 is 1.21 bits per heavy atom. The quantitative estimate of drug-likeness (QED) is 0.833. The largest absolute Gasteiger partial charge is 0.378 e. The SMILES string of the molecule is CCOC1CC(NCC2(C)CCCS2)C12CCCC2. The topological polar surface area (TPSA) is 21.3 Å². The minimum absolute atomic E-state index is 0.496. The first-order valence-electron chi connectivity index (χ1n) is 8.17. The van der Waals surface area contributed by atoms with E-state index in [1.165, 1.54) is 57.2 Å². The second-order valence-corrected chi connectivity index (χ2v) is 8.64. The third-order valence-corrected chi connectivity index (χ3v) is 7.25. The van der Waals surface area contributed by atoms with Gasteiger partial charge in [0.1, 0.15) is 0 Å². The van der Waals surface area contributed by atoms with E-state index in [1.54, 1.807) is 0 Å². The van der Waals surface area contributed by atoms with Crippen molar-refractivity contribution in [3.8, 4) is 0 Å². The Hall–Kier alpha value is 0.270. The smallest absolute Gasteiger partial charge is 0.0661 e. The monoisotopic (exact) mass is 283 g/mol. The van der Waals surface area contributed by atoms with Crippen molar-refractivity contribution in [3.63, 3.8) is 0 Å². The summed E-state index contributed by atoms with van der Waals surface area (Å²) >= 11 is 2.17. The summed E-state index contributed by atoms with van der Waals surface area (Å²) in [4.78, 5) is 0. The lowest BCUT2D eigenvalue weighted by molar-refractivity contribution is -0.130. The first-order chi connectivity index (χ1) is 9.19. The van der Waals surface area contributed by atoms with Gasteiger partial charge < -0.3 is 10.1 Å². The Kier molecular flexibility index (Phi) is 4.17. The molecule has 3 rings (SSSR count). The molecule has 2 saturated carbocycles. The van der Waals surface area contributed by atoms with Gasteiger partial charge in [-0.25, -0.2) is 0 Å². The van der Waals surface area contributed by atoms with Gasteiger partial charge in [-0.1, -0.05) is 12.8 Å². The van der Waals surface area contributed by atoms with Crippen molar-refractivity contribution < 1.29 is 4.74 Å². The predicted molar refractivity (Wildman–Crippen MR) is 82.8 cm³/mol. The highest BCUT2D eigenvalue weighted by Gasteiger charge is 2.56. The predicted octanol–water partition coefficient (Wildman–Crippen LogP) is 3.60. The van der Waals surface area contributed by atoms with Crippen molar-refractivity contribution >= 4 is 11.8 Å². The van der Waals surface area contributed by atoms with Gasteiger partial charge in [0.05, 0.1) is 6.10 Å². The normalized spacial score (nSPS) is 40.7. The van der Waals surface area contributed by atoms with Crippen LogP contribution in [0.4, 0.5) is 0 Å². The van der Waals surface area contributed by atoms with Gasteiger partial charge in [-0.2, -0.15) is 11.8 Å². The van der Waals surface area contributed by atoms with E-state index < -0.39 is 0 Å². The molecule has 0 aromatic heterocycles. The van der Waals surface area contributed by atoms with Crippen molar-refractivity contribution in [2.45, 2.75) is 75.7 Å². The Bertz CT molecular complexity index is 308. The molecule has 0 bridgehead atoms. The average Bonchev–Trinajstić information content (AvgIpc) is 3.03. The van der Waals surface area contributed by atoms with E-state index in [9.17, 15) is 0 Å². The van der Waals surface area contributed by atoms with Crippen LogP contribution in [0.1, 0.15) is 58.8 Å². The molecule has 110 valence electrons. The summed E-state index contributed by atoms with van der Waals surface area (Å²) in [6, 6.07) is 0.726. The molecule has 1 aliphatic heterocycles. The van der Waals surface area contributed by atoms with Crippen LogP contribution in [0.3, 0.4) is 0 Å². The van der Waals surface area contributed by atoms with Crippen molar-refractivity contribution in [2.24, 2.45) is 5.41 Å². The summed E-state index contributed by atoms with van der Waals surface area (Å²) in [6.45, 7) is 6.66. The minimum Gasteiger partial charge on any atom is -0.378 e. The summed E-state index contributed by atoms with van der Waals surface area (Å²) in [7, 11) is 0. The van der Waals surface area contributed by atoms with E-state index in [0.29, 0.717) is 16.3 Å². The van der Waals surface area contributed by atoms with E-state index >= 15 is 0 Å². The van der Waals surface area contributed by atoms with Crippen LogP contribution in [-0.4, -0.2) is 35.8 Å². The molecule has 1 heterocycles. The van der Waals surface area contributed by atoms with Crippen LogP contribution in [-0.2, 0) is 4.74 Å². The van der Waals surface area contributed by atoms with E-state index in [0.717, 1.165) is 12.6 Å². The van der Waals surface area contributed by atoms with Gasteiger partial charge in [-0.05, 0) is 51.7 Å². The molecule has 1 spiro atoms. The van der Waals surface area contributed by atoms with E-state index in [-0.39, 0.29) is 0 Å². The van der Waals surface area contributed by atoms with Crippen molar-refractivity contribution in [3.05, 3.63) is 0 Å². The molecule has 1 saturated heterocycles. The molecule has 3 atom stereocenters. The Morgan fingerprint density at radius 3 is 2.63 bits per heavy atom. The molecule has 0 aromatic carbocycles. The summed E-state index contributed by atoms with van der Waals surface area (Å²) in [5.41, 5.74) is 0.496. The van der Waals surface area contributed by atoms with Crippen LogP contribution in [0.2, 0.25) is 0 Å². The van der Waals surface area contributed by atoms with E-state index in [4.69, 9.17) is 4.74 Å². The summed E-state index contributed by atoms with van der Waals surface area (Å²) in [6.07, 6.45) is 10.2. The van der Waals surface area contributed by atoms with Gasteiger partial charge in [0.15, 0.2) is 0 Å². The van der Waals surface area contributed by atoms with E-state index in [2.05, 4.69) is 30.9 Å². The third kappa shape index (κ3) is 2.58. The second kappa shape index (κ2) is 5.57. The van der Waals surface area contributed by atoms with Gasteiger partial charge in [0.2, 0.25) is 0 Å². The molecule has 0 radical (unpaired) electrons. The van der Waals surface area contributed by atoms with Crippen LogP contribution >= 0.6 is 11.8 Å². The molecule has 3 fully saturated rings. The van der Waals surface area contributed by atoms with Crippen molar-refractivity contribution in [2.75, 3.05) is 18.9 Å². The van der Waals surface area contributed by atoms with Gasteiger partial charge >= 0.3 is 0 Å². The van der Waals surface area contributed by atoms with Crippen LogP contribution in [0.5, 0.6) is 0 Å². The standard InChI is InChI=1S/C16H29NOS/c1-3-18-14-11-13(16(14)8-4-5-9-16)17-12-15(2)7-6-10-19-15/h13-14,17H,3-12H2,1-2H3. The molecule has 0 aromatic rings. The molecule has 19 heavy (non-hydrogen) atoms. The average molecular weight is 283 g/mol. The molecular weight excluding hydrogens is 254 g/mol. The summed E-state index contributed by atoms with van der Waals surface area (Å²) < 4.78 is 6.49. The molecular formula is C16H29NOS. The molecule has 2 aliphatic carbocycles. The highest BCUT2D eigenvalue weighted by molar-refractivity contribution is 8.00. The zero-order valence-electron chi connectivity index (χ0n) is 12.5. The van der Waals surface area contributed by atoms with E-state index in [1.807, 2.05) is 0 Å². The Labute approximate surface area is 122 Å². The van der Waals surface area contributed by atoms with Crippen LogP contribution in [0, 0.1) is 5.41 Å². The Balaban J connectivity index is 1.56. The first kappa shape index (κ1) is 14.2. The number of nitrogens with one attached hydrogen (secondary N) is 1. The number of rotatable bonds is 5. The maximum Gasteiger partial charge on any atom is 0.0661 e. The fraction of sp³-hybridized carbons (Fsp3) is 1.00. The zero-order valence-corrected chi connectivity index (χ0v) is 13.4. The van der Waals surface area contributed by atoms with Gasteiger partial charge in [-0.3, -0.25) is 0 Å². The van der Waals surface area contributed by atoms with Gasteiger partial charge in [0, 0.05) is 29.4 Å². The van der Waals surface area contributed by atoms with Crippen molar-refractivity contribution in [1.29, 1.82) is 0 Å². The van der Waals surface area contributed by atoms with Gasteiger partial charge in [-0.15, -0.1) is 0 Å². The molecule has 3 unspecified atom stereocenters. The molecule has 0 amide bonds. The van der Waals surface area contributed by atoms with Crippen LogP contribution in [0.15, 0.2) is 0 Å². The second-order valence-electron chi connectivity index (χ2n) is 6.96. The maximum atomic E-state index is 6.00. The molecule has 2 nitrogen and oxygen atoms in total. The lowest BCUT2D eigenvalue weighted by Gasteiger charge is -2.55. The Morgan fingerprint density at radius 2 is 2.00 bits per heavy atom. The number of hydrogen-bond acceptors (Lipinski definition) is 3. The fourth-order valence-electron chi connectivity index (χ4n) is 4.49. The maximum absolute atomic E-state index is 6.00. The molecule has 3 heteroatoms. The van der Waals surface area contributed by atoms with Crippen molar-refractivity contribution in [1.82, 2.24) is 5.32 Å². The lowest BCUT2D eigenvalue weighted by Crippen LogP contribution is -2.63. The first-order valence-corrected chi connectivity index (χ1v) is 9.16. The van der Waals surface area contributed by atoms with Crippen LogP contribution in [0.25, 0.3) is 0 Å². The summed E-state index contributed by atoms with van der Waals surface area (Å²) in [5.74, 6) is 1.36. The third-order valence-electron chi connectivity index (χ3n) is 5.71. The molecule has 3 aliphatic rings. The number of thioether (sulfide) groups is 1. The lowest BCUT2D eigenvalue weighted by atomic mass is 9.60. The number of ether oxygens (including phenoxy) is 1. The minimum atomic E-state index is 0.496. The zero-order chi connectivity index (χ0) is 13.3. The number of hydrogen-bond donors (Lipinski definition) is 1. The summed E-state index contributed by atoms with van der Waals surface area (Å²) in [5, 5.41) is 3.92.